The van der Waals surface area contributed by atoms with Crippen LogP contribution in [0, 0.1) is 5.92 Å². The second kappa shape index (κ2) is 6.82. The van der Waals surface area contributed by atoms with E-state index < -0.39 is 5.54 Å². The van der Waals surface area contributed by atoms with Crippen LogP contribution in [0.1, 0.15) is 56.8 Å². The van der Waals surface area contributed by atoms with E-state index in [9.17, 15) is 0 Å². The highest BCUT2D eigenvalue weighted by molar-refractivity contribution is 6.47. The molecule has 0 radical (unpaired) electrons. The van der Waals surface area contributed by atoms with Crippen molar-refractivity contribution in [2.75, 3.05) is 0 Å². The summed E-state index contributed by atoms with van der Waals surface area (Å²) >= 11 is 0. The molecule has 4 rings (SSSR count). The largest absolute Gasteiger partial charge is 0.322 e. The Balaban J connectivity index is 1.84. The predicted molar refractivity (Wildman–Crippen MR) is 118 cm³/mol. The summed E-state index contributed by atoms with van der Waals surface area (Å²) in [6.07, 6.45) is 5.32. The van der Waals surface area contributed by atoms with Crippen molar-refractivity contribution in [3.8, 4) is 0 Å². The Bertz CT molecular complexity index is 946. The molecule has 3 nitrogen and oxygen atoms in total. The summed E-state index contributed by atoms with van der Waals surface area (Å²) in [6, 6.07) is 19.1. The summed E-state index contributed by atoms with van der Waals surface area (Å²) in [7, 11) is 0. The molecule has 2 aromatic rings. The van der Waals surface area contributed by atoms with Crippen LogP contribution in [0.4, 0.5) is 0 Å². The number of nitrogens with zero attached hydrogens (tertiary/aromatic N) is 2. The highest BCUT2D eigenvalue weighted by Crippen LogP contribution is 2.45. The van der Waals surface area contributed by atoms with E-state index in [0.29, 0.717) is 5.92 Å². The lowest BCUT2D eigenvalue weighted by molar-refractivity contribution is 0.396. The molecule has 1 aliphatic heterocycles. The molecular weight excluding hydrogens is 342 g/mol. The maximum absolute atomic E-state index is 6.28. The van der Waals surface area contributed by atoms with Crippen molar-refractivity contribution in [2.24, 2.45) is 21.6 Å². The quantitative estimate of drug-likeness (QED) is 0.779. The number of hydrogen-bond acceptors (Lipinski definition) is 3. The number of fused-ring (bicyclic) bond motifs is 1. The van der Waals surface area contributed by atoms with Crippen molar-refractivity contribution in [1.82, 2.24) is 0 Å². The Morgan fingerprint density at radius 1 is 1.04 bits per heavy atom. The average molecular weight is 372 g/mol. The fourth-order valence-electron chi connectivity index (χ4n) is 4.15. The Morgan fingerprint density at radius 2 is 1.71 bits per heavy atom. The summed E-state index contributed by atoms with van der Waals surface area (Å²) < 4.78 is 0. The third-order valence-corrected chi connectivity index (χ3v) is 5.89. The topological polar surface area (TPSA) is 50.7 Å². The van der Waals surface area contributed by atoms with E-state index in [0.717, 1.165) is 23.4 Å². The standard InChI is InChI=1S/C25H29N3/c1-17-10-15-21-22(16-17)28-25(4,23(27-21)18-8-6-5-7-9-18)20-13-11-19(12-14-20)24(2,3)26/h5-15,17,23H,16,26H2,1-4H3. The first-order chi connectivity index (χ1) is 13.3. The Morgan fingerprint density at radius 3 is 2.36 bits per heavy atom. The van der Waals surface area contributed by atoms with Gasteiger partial charge in [-0.2, -0.15) is 0 Å². The number of allylic oxidation sites excluding steroid dienone is 2. The molecule has 2 aromatic carbocycles. The van der Waals surface area contributed by atoms with Crippen LogP contribution in [-0.4, -0.2) is 11.4 Å². The molecule has 0 saturated heterocycles. The van der Waals surface area contributed by atoms with Gasteiger partial charge in [-0.3, -0.25) is 9.98 Å². The van der Waals surface area contributed by atoms with Crippen LogP contribution < -0.4 is 5.73 Å². The predicted octanol–water partition coefficient (Wildman–Crippen LogP) is 5.33. The molecule has 2 aliphatic rings. The molecule has 1 aliphatic carbocycles. The number of hydrogen-bond donors (Lipinski definition) is 1. The van der Waals surface area contributed by atoms with Gasteiger partial charge in [-0.1, -0.05) is 67.6 Å². The monoisotopic (exact) mass is 371 g/mol. The van der Waals surface area contributed by atoms with Gasteiger partial charge in [-0.15, -0.1) is 0 Å². The van der Waals surface area contributed by atoms with Crippen LogP contribution in [-0.2, 0) is 11.1 Å². The Labute approximate surface area is 168 Å². The highest BCUT2D eigenvalue weighted by Gasteiger charge is 2.41. The van der Waals surface area contributed by atoms with E-state index in [1.54, 1.807) is 0 Å². The molecule has 3 atom stereocenters. The molecule has 0 aromatic heterocycles. The minimum absolute atomic E-state index is 0.0535. The van der Waals surface area contributed by atoms with Crippen molar-refractivity contribution in [3.63, 3.8) is 0 Å². The lowest BCUT2D eigenvalue weighted by Gasteiger charge is -2.38. The molecule has 3 unspecified atom stereocenters. The number of aliphatic imine (C=N–C) groups is 2. The molecule has 3 heteroatoms. The van der Waals surface area contributed by atoms with Crippen LogP contribution in [0.25, 0.3) is 0 Å². The second-order valence-electron chi connectivity index (χ2n) is 8.87. The molecule has 0 amide bonds. The first kappa shape index (κ1) is 18.8. The summed E-state index contributed by atoms with van der Waals surface area (Å²) in [5, 5.41) is 0. The van der Waals surface area contributed by atoms with E-state index >= 15 is 0 Å². The van der Waals surface area contributed by atoms with Crippen molar-refractivity contribution in [2.45, 2.75) is 51.2 Å². The lowest BCUT2D eigenvalue weighted by atomic mass is 9.78. The molecule has 0 spiro atoms. The molecule has 0 saturated carbocycles. The van der Waals surface area contributed by atoms with E-state index in [1.165, 1.54) is 11.1 Å². The second-order valence-corrected chi connectivity index (χ2v) is 8.87. The van der Waals surface area contributed by atoms with Gasteiger partial charge >= 0.3 is 0 Å². The van der Waals surface area contributed by atoms with Gasteiger partial charge in [0.05, 0.1) is 11.4 Å². The fourth-order valence-corrected chi connectivity index (χ4v) is 4.15. The summed E-state index contributed by atoms with van der Waals surface area (Å²) in [5.41, 5.74) is 11.1. The van der Waals surface area contributed by atoms with Gasteiger partial charge in [0.25, 0.3) is 0 Å². The molecule has 28 heavy (non-hydrogen) atoms. The zero-order chi connectivity index (χ0) is 19.9. The molecule has 2 N–H and O–H groups in total. The van der Waals surface area contributed by atoms with Crippen LogP contribution in [0.2, 0.25) is 0 Å². The first-order valence-electron chi connectivity index (χ1n) is 10.1. The van der Waals surface area contributed by atoms with E-state index in [-0.39, 0.29) is 11.6 Å². The normalized spacial score (nSPS) is 27.0. The van der Waals surface area contributed by atoms with Gasteiger partial charge in [-0.05, 0) is 55.9 Å². The van der Waals surface area contributed by atoms with Crippen molar-refractivity contribution >= 4 is 11.4 Å². The first-order valence-corrected chi connectivity index (χ1v) is 10.1. The van der Waals surface area contributed by atoms with Crippen LogP contribution in [0.5, 0.6) is 0 Å². The van der Waals surface area contributed by atoms with Crippen LogP contribution in [0.3, 0.4) is 0 Å². The lowest BCUT2D eigenvalue weighted by Crippen LogP contribution is -2.37. The van der Waals surface area contributed by atoms with Crippen LogP contribution >= 0.6 is 0 Å². The number of rotatable bonds is 3. The number of benzene rings is 2. The minimum Gasteiger partial charge on any atom is -0.322 e. The van der Waals surface area contributed by atoms with Gasteiger partial charge in [0.15, 0.2) is 0 Å². The molecule has 0 fully saturated rings. The summed E-state index contributed by atoms with van der Waals surface area (Å²) in [4.78, 5) is 10.5. The molecular formula is C25H29N3. The van der Waals surface area contributed by atoms with Gasteiger partial charge in [-0.25, -0.2) is 0 Å². The van der Waals surface area contributed by atoms with Gasteiger partial charge < -0.3 is 5.73 Å². The summed E-state index contributed by atoms with van der Waals surface area (Å²) in [5.74, 6) is 0.496. The molecule has 144 valence electrons. The van der Waals surface area contributed by atoms with Crippen molar-refractivity contribution in [3.05, 3.63) is 83.4 Å². The maximum Gasteiger partial charge on any atom is 0.110 e. The zero-order valence-corrected chi connectivity index (χ0v) is 17.2. The average Bonchev–Trinajstić information content (AvgIpc) is 2.67. The van der Waals surface area contributed by atoms with E-state index in [2.05, 4.69) is 74.5 Å². The third-order valence-electron chi connectivity index (χ3n) is 5.89. The third kappa shape index (κ3) is 3.35. The van der Waals surface area contributed by atoms with Gasteiger partial charge in [0.1, 0.15) is 11.6 Å². The molecule has 0 bridgehead atoms. The Kier molecular flexibility index (Phi) is 4.59. The van der Waals surface area contributed by atoms with Gasteiger partial charge in [0.2, 0.25) is 0 Å². The van der Waals surface area contributed by atoms with E-state index in [4.69, 9.17) is 15.7 Å². The number of nitrogens with two attached hydrogens (primary N) is 1. The highest BCUT2D eigenvalue weighted by atomic mass is 15.0. The fraction of sp³-hybridized carbons (Fsp3) is 0.360. The smallest absolute Gasteiger partial charge is 0.110 e. The Hall–Kier alpha value is -2.52. The zero-order valence-electron chi connectivity index (χ0n) is 17.2. The van der Waals surface area contributed by atoms with Crippen molar-refractivity contribution in [1.29, 1.82) is 0 Å². The maximum atomic E-state index is 6.28. The SMILES string of the molecule is CC1C=CC2=NC(c3ccccc3)C(C)(c3ccc(C(C)(C)N)cc3)N=C2C1. The summed E-state index contributed by atoms with van der Waals surface area (Å²) in [6.45, 7) is 8.51. The van der Waals surface area contributed by atoms with Crippen molar-refractivity contribution < 1.29 is 0 Å². The minimum atomic E-state index is -0.442. The van der Waals surface area contributed by atoms with E-state index in [1.807, 2.05) is 19.9 Å². The van der Waals surface area contributed by atoms with Gasteiger partial charge in [0, 0.05) is 5.54 Å². The molecule has 1 heterocycles. The van der Waals surface area contributed by atoms with Crippen LogP contribution in [0.15, 0.2) is 76.7 Å².